The SMILES string of the molecule is Nc1c(F)cc(F)cc1NCc1cc(Br)cc2c1OCC2. The third kappa shape index (κ3) is 2.81. The molecule has 3 rings (SSSR count). The van der Waals surface area contributed by atoms with Gasteiger partial charge in [-0.25, -0.2) is 8.78 Å². The molecular formula is C15H13BrF2N2O. The molecule has 0 fully saturated rings. The number of rotatable bonds is 3. The van der Waals surface area contributed by atoms with E-state index in [0.717, 1.165) is 33.8 Å². The maximum atomic E-state index is 13.4. The van der Waals surface area contributed by atoms with Crippen molar-refractivity contribution in [2.75, 3.05) is 17.7 Å². The first-order valence-corrected chi connectivity index (χ1v) is 7.26. The minimum absolute atomic E-state index is 0.0936. The van der Waals surface area contributed by atoms with Crippen LogP contribution in [0, 0.1) is 11.6 Å². The van der Waals surface area contributed by atoms with Crippen molar-refractivity contribution in [2.24, 2.45) is 0 Å². The van der Waals surface area contributed by atoms with E-state index in [9.17, 15) is 8.78 Å². The molecule has 1 heterocycles. The smallest absolute Gasteiger partial charge is 0.151 e. The van der Waals surface area contributed by atoms with Crippen LogP contribution < -0.4 is 15.8 Å². The third-order valence-corrected chi connectivity index (χ3v) is 3.85. The van der Waals surface area contributed by atoms with Crippen molar-refractivity contribution >= 4 is 27.3 Å². The van der Waals surface area contributed by atoms with Crippen molar-refractivity contribution in [3.8, 4) is 5.75 Å². The highest BCUT2D eigenvalue weighted by molar-refractivity contribution is 9.10. The second kappa shape index (κ2) is 5.52. The number of hydrogen-bond acceptors (Lipinski definition) is 3. The Labute approximate surface area is 129 Å². The fraction of sp³-hybridized carbons (Fsp3) is 0.200. The lowest BCUT2D eigenvalue weighted by Gasteiger charge is -2.13. The molecule has 2 aromatic carbocycles. The minimum atomic E-state index is -0.770. The van der Waals surface area contributed by atoms with Crippen LogP contribution in [0.15, 0.2) is 28.7 Å². The van der Waals surface area contributed by atoms with Crippen LogP contribution in [-0.4, -0.2) is 6.61 Å². The highest BCUT2D eigenvalue weighted by atomic mass is 79.9. The lowest BCUT2D eigenvalue weighted by Crippen LogP contribution is -2.06. The summed E-state index contributed by atoms with van der Waals surface area (Å²) in [5.74, 6) is -0.603. The Morgan fingerprint density at radius 2 is 2.05 bits per heavy atom. The van der Waals surface area contributed by atoms with E-state index in [0.29, 0.717) is 13.2 Å². The van der Waals surface area contributed by atoms with Crippen LogP contribution in [0.25, 0.3) is 0 Å². The molecule has 0 aliphatic carbocycles. The van der Waals surface area contributed by atoms with Gasteiger partial charge in [-0.1, -0.05) is 15.9 Å². The first kappa shape index (κ1) is 14.1. The van der Waals surface area contributed by atoms with Gasteiger partial charge in [-0.15, -0.1) is 0 Å². The fourth-order valence-corrected chi connectivity index (χ4v) is 2.95. The van der Waals surface area contributed by atoms with Crippen molar-refractivity contribution in [2.45, 2.75) is 13.0 Å². The lowest BCUT2D eigenvalue weighted by atomic mass is 10.1. The summed E-state index contributed by atoms with van der Waals surface area (Å²) < 4.78 is 33.2. The van der Waals surface area contributed by atoms with E-state index < -0.39 is 11.6 Å². The van der Waals surface area contributed by atoms with Gasteiger partial charge >= 0.3 is 0 Å². The maximum absolute atomic E-state index is 13.4. The van der Waals surface area contributed by atoms with Crippen LogP contribution >= 0.6 is 15.9 Å². The molecular weight excluding hydrogens is 342 g/mol. The number of hydrogen-bond donors (Lipinski definition) is 2. The number of ether oxygens (including phenoxy) is 1. The monoisotopic (exact) mass is 354 g/mol. The van der Waals surface area contributed by atoms with E-state index >= 15 is 0 Å². The predicted octanol–water partition coefficient (Wildman–Crippen LogP) is 3.86. The van der Waals surface area contributed by atoms with Crippen LogP contribution in [0.3, 0.4) is 0 Å². The van der Waals surface area contributed by atoms with Gasteiger partial charge in [0.1, 0.15) is 11.6 Å². The number of nitrogens with two attached hydrogens (primary N) is 1. The summed E-state index contributed by atoms with van der Waals surface area (Å²) in [4.78, 5) is 0. The average molecular weight is 355 g/mol. The molecule has 0 saturated carbocycles. The zero-order valence-electron chi connectivity index (χ0n) is 11.1. The molecule has 3 nitrogen and oxygen atoms in total. The zero-order valence-corrected chi connectivity index (χ0v) is 12.6. The van der Waals surface area contributed by atoms with E-state index in [-0.39, 0.29) is 11.4 Å². The summed E-state index contributed by atoms with van der Waals surface area (Å²) in [5, 5.41) is 2.96. The van der Waals surface area contributed by atoms with Crippen molar-refractivity contribution in [1.82, 2.24) is 0 Å². The average Bonchev–Trinajstić information content (AvgIpc) is 2.88. The molecule has 1 aliphatic heterocycles. The van der Waals surface area contributed by atoms with Gasteiger partial charge in [-0.3, -0.25) is 0 Å². The van der Waals surface area contributed by atoms with E-state index in [1.165, 1.54) is 6.07 Å². The number of halogens is 3. The second-order valence-corrected chi connectivity index (χ2v) is 5.77. The third-order valence-electron chi connectivity index (χ3n) is 3.39. The maximum Gasteiger partial charge on any atom is 0.151 e. The van der Waals surface area contributed by atoms with Gasteiger partial charge in [0.2, 0.25) is 0 Å². The van der Waals surface area contributed by atoms with Gasteiger partial charge in [0.25, 0.3) is 0 Å². The topological polar surface area (TPSA) is 47.3 Å². The van der Waals surface area contributed by atoms with E-state index in [2.05, 4.69) is 21.2 Å². The molecule has 0 aromatic heterocycles. The number of anilines is 2. The molecule has 0 saturated heterocycles. The first-order valence-electron chi connectivity index (χ1n) is 6.47. The Morgan fingerprint density at radius 1 is 1.24 bits per heavy atom. The lowest BCUT2D eigenvalue weighted by molar-refractivity contribution is 0.354. The largest absolute Gasteiger partial charge is 0.493 e. The summed E-state index contributed by atoms with van der Waals surface area (Å²) in [6, 6.07) is 5.88. The Hall–Kier alpha value is -1.82. The molecule has 3 N–H and O–H groups in total. The Balaban J connectivity index is 1.86. The van der Waals surface area contributed by atoms with Gasteiger partial charge in [0, 0.05) is 29.1 Å². The Morgan fingerprint density at radius 3 is 2.86 bits per heavy atom. The van der Waals surface area contributed by atoms with Crippen molar-refractivity contribution in [1.29, 1.82) is 0 Å². The van der Waals surface area contributed by atoms with Crippen molar-refractivity contribution in [3.63, 3.8) is 0 Å². The van der Waals surface area contributed by atoms with Crippen LogP contribution in [-0.2, 0) is 13.0 Å². The van der Waals surface area contributed by atoms with Gasteiger partial charge in [-0.2, -0.15) is 0 Å². The highest BCUT2D eigenvalue weighted by Crippen LogP contribution is 2.34. The van der Waals surface area contributed by atoms with Crippen LogP contribution in [0.4, 0.5) is 20.2 Å². The summed E-state index contributed by atoms with van der Waals surface area (Å²) in [6.07, 6.45) is 0.860. The highest BCUT2D eigenvalue weighted by Gasteiger charge is 2.17. The van der Waals surface area contributed by atoms with Crippen LogP contribution in [0.1, 0.15) is 11.1 Å². The van der Waals surface area contributed by atoms with Gasteiger partial charge in [0.15, 0.2) is 5.82 Å². The molecule has 0 atom stereocenters. The summed E-state index contributed by atoms with van der Waals surface area (Å²) >= 11 is 3.45. The first-order chi connectivity index (χ1) is 10.0. The standard InChI is InChI=1S/C15H13BrF2N2O/c16-10-3-8-1-2-21-15(8)9(4-10)7-20-13-6-11(17)5-12(18)14(13)19/h3-6,20H,1-2,7,19H2. The Kier molecular flexibility index (Phi) is 3.71. The van der Waals surface area contributed by atoms with Crippen LogP contribution in [0.5, 0.6) is 5.75 Å². The second-order valence-electron chi connectivity index (χ2n) is 4.85. The quantitative estimate of drug-likeness (QED) is 0.822. The summed E-state index contributed by atoms with van der Waals surface area (Å²) in [6.45, 7) is 1.02. The zero-order chi connectivity index (χ0) is 15.0. The molecule has 0 amide bonds. The molecule has 6 heteroatoms. The summed E-state index contributed by atoms with van der Waals surface area (Å²) in [5.41, 5.74) is 7.80. The van der Waals surface area contributed by atoms with E-state index in [1.807, 2.05) is 12.1 Å². The number of benzene rings is 2. The minimum Gasteiger partial charge on any atom is -0.493 e. The predicted molar refractivity (Wildman–Crippen MR) is 81.4 cm³/mol. The molecule has 0 bridgehead atoms. The molecule has 110 valence electrons. The molecule has 0 unspecified atom stereocenters. The van der Waals surface area contributed by atoms with Gasteiger partial charge in [-0.05, 0) is 23.8 Å². The molecule has 2 aromatic rings. The number of nitrogens with one attached hydrogen (secondary N) is 1. The fourth-order valence-electron chi connectivity index (χ4n) is 2.40. The van der Waals surface area contributed by atoms with Crippen molar-refractivity contribution < 1.29 is 13.5 Å². The number of fused-ring (bicyclic) bond motifs is 1. The van der Waals surface area contributed by atoms with Crippen LogP contribution in [0.2, 0.25) is 0 Å². The van der Waals surface area contributed by atoms with Crippen molar-refractivity contribution in [3.05, 3.63) is 51.5 Å². The normalized spacial score (nSPS) is 12.9. The summed E-state index contributed by atoms with van der Waals surface area (Å²) in [7, 11) is 0. The molecule has 0 spiro atoms. The van der Waals surface area contributed by atoms with E-state index in [4.69, 9.17) is 10.5 Å². The number of nitrogen functional groups attached to an aromatic ring is 1. The Bertz CT molecular complexity index is 707. The molecule has 0 radical (unpaired) electrons. The molecule has 21 heavy (non-hydrogen) atoms. The molecule has 1 aliphatic rings. The van der Waals surface area contributed by atoms with Gasteiger partial charge < -0.3 is 15.8 Å². The van der Waals surface area contributed by atoms with E-state index in [1.54, 1.807) is 0 Å². The van der Waals surface area contributed by atoms with Gasteiger partial charge in [0.05, 0.1) is 18.0 Å².